The number of nitrogens with zero attached hydrogens (tertiary/aromatic N) is 2. The molecule has 1 atom stereocenters. The normalized spacial score (nSPS) is 11.3. The molecule has 8 nitrogen and oxygen atoms in total. The van der Waals surface area contributed by atoms with Crippen molar-refractivity contribution in [1.82, 2.24) is 10.3 Å². The zero-order valence-electron chi connectivity index (χ0n) is 19.1. The molecule has 0 saturated carbocycles. The van der Waals surface area contributed by atoms with Crippen molar-refractivity contribution in [3.05, 3.63) is 83.2 Å². The molecule has 1 aromatic heterocycles. The van der Waals surface area contributed by atoms with Crippen LogP contribution in [0.3, 0.4) is 0 Å². The average molecular weight is 475 g/mol. The second kappa shape index (κ2) is 12.3. The van der Waals surface area contributed by atoms with Gasteiger partial charge in [0.1, 0.15) is 17.7 Å². The third-order valence-corrected chi connectivity index (χ3v) is 5.40. The minimum atomic E-state index is -0.870. The van der Waals surface area contributed by atoms with Gasteiger partial charge >= 0.3 is 0 Å². The molecule has 0 aliphatic carbocycles. The van der Waals surface area contributed by atoms with Crippen molar-refractivity contribution in [3.63, 3.8) is 0 Å². The van der Waals surface area contributed by atoms with Crippen LogP contribution in [0.5, 0.6) is 0 Å². The van der Waals surface area contributed by atoms with E-state index in [1.54, 1.807) is 48.5 Å². The van der Waals surface area contributed by atoms with Crippen LogP contribution < -0.4 is 22.1 Å². The second-order valence-corrected chi connectivity index (χ2v) is 7.92. The van der Waals surface area contributed by atoms with E-state index in [9.17, 15) is 19.2 Å². The number of nitriles is 1. The van der Waals surface area contributed by atoms with Crippen LogP contribution in [-0.2, 0) is 11.2 Å². The van der Waals surface area contributed by atoms with Crippen molar-refractivity contribution in [2.75, 3.05) is 18.4 Å². The molecule has 3 aromatic rings. The van der Waals surface area contributed by atoms with Crippen molar-refractivity contribution in [1.29, 1.82) is 5.26 Å². The number of benzene rings is 2. The Kier molecular flexibility index (Phi) is 8.87. The molecule has 0 aliphatic rings. The Balaban J connectivity index is 1.90. The van der Waals surface area contributed by atoms with Gasteiger partial charge in [0.2, 0.25) is 5.91 Å². The zero-order chi connectivity index (χ0) is 25.2. The highest BCUT2D eigenvalue weighted by molar-refractivity contribution is 6.01. The molecule has 0 aliphatic heterocycles. The van der Waals surface area contributed by atoms with Gasteiger partial charge in [-0.15, -0.1) is 0 Å². The topological polar surface area (TPSA) is 147 Å². The summed E-state index contributed by atoms with van der Waals surface area (Å²) < 4.78 is 13.5. The number of carbonyl (C=O) groups is 2. The van der Waals surface area contributed by atoms with Gasteiger partial charge in [-0.3, -0.25) is 9.59 Å². The lowest BCUT2D eigenvalue weighted by atomic mass is 10.0. The van der Waals surface area contributed by atoms with Gasteiger partial charge in [-0.05, 0) is 61.7 Å². The van der Waals surface area contributed by atoms with Crippen LogP contribution in [0.2, 0.25) is 0 Å². The lowest BCUT2D eigenvalue weighted by Gasteiger charge is -2.17. The van der Waals surface area contributed by atoms with Gasteiger partial charge in [0.25, 0.3) is 5.91 Å². The number of hydrogen-bond donors (Lipinski definition) is 4. The highest BCUT2D eigenvalue weighted by atomic mass is 19.1. The third kappa shape index (κ3) is 6.85. The summed E-state index contributed by atoms with van der Waals surface area (Å²) in [6.07, 6.45) is 1.33. The number of nitrogens with one attached hydrogen (secondary N) is 2. The molecule has 2 amide bonds. The molecule has 0 bridgehead atoms. The predicted octanol–water partition coefficient (Wildman–Crippen LogP) is 2.74. The number of rotatable bonds is 11. The Labute approximate surface area is 203 Å². The van der Waals surface area contributed by atoms with Gasteiger partial charge in [-0.25, -0.2) is 9.37 Å². The van der Waals surface area contributed by atoms with Crippen LogP contribution >= 0.6 is 0 Å². The molecular weight excluding hydrogens is 447 g/mol. The zero-order valence-corrected chi connectivity index (χ0v) is 19.1. The highest BCUT2D eigenvalue weighted by Gasteiger charge is 2.21. The minimum absolute atomic E-state index is 0.210. The molecular formula is C26H27FN6O2. The molecule has 0 unspecified atom stereocenters. The summed E-state index contributed by atoms with van der Waals surface area (Å²) >= 11 is 0. The quantitative estimate of drug-likeness (QED) is 0.336. The maximum absolute atomic E-state index is 13.5. The summed E-state index contributed by atoms with van der Waals surface area (Å²) in [5.74, 6) is -1.23. The standard InChI is InChI=1S/C26H27FN6O2/c27-19-7-3-5-17(15-19)12-14-31-25-21(26(35)33-23(24(30)34)9-4-13-28)10-11-22(32-25)20-8-2-1-6-18(20)16-29/h1-3,5-8,10-11,15,23H,4,9,12-14,28H2,(H2,30,34)(H,31,32)(H,33,35)/t23-/m1/s1. The van der Waals surface area contributed by atoms with Crippen LogP contribution in [-0.4, -0.2) is 35.9 Å². The Bertz CT molecular complexity index is 1240. The van der Waals surface area contributed by atoms with Crippen LogP contribution in [0.1, 0.15) is 34.3 Å². The van der Waals surface area contributed by atoms with Crippen LogP contribution in [0, 0.1) is 17.1 Å². The van der Waals surface area contributed by atoms with E-state index >= 15 is 0 Å². The first-order valence-electron chi connectivity index (χ1n) is 11.2. The van der Waals surface area contributed by atoms with Crippen molar-refractivity contribution in [2.45, 2.75) is 25.3 Å². The first kappa shape index (κ1) is 25.3. The van der Waals surface area contributed by atoms with Gasteiger partial charge in [0.15, 0.2) is 0 Å². The molecule has 3 rings (SSSR count). The van der Waals surface area contributed by atoms with E-state index in [1.165, 1.54) is 12.1 Å². The largest absolute Gasteiger partial charge is 0.369 e. The Morgan fingerprint density at radius 1 is 1.11 bits per heavy atom. The van der Waals surface area contributed by atoms with E-state index in [4.69, 9.17) is 11.5 Å². The van der Waals surface area contributed by atoms with E-state index in [-0.39, 0.29) is 17.2 Å². The summed E-state index contributed by atoms with van der Waals surface area (Å²) in [7, 11) is 0. The molecule has 0 fully saturated rings. The molecule has 0 saturated heterocycles. The third-order valence-electron chi connectivity index (χ3n) is 5.40. The van der Waals surface area contributed by atoms with Crippen molar-refractivity contribution < 1.29 is 14.0 Å². The van der Waals surface area contributed by atoms with Crippen molar-refractivity contribution >= 4 is 17.6 Å². The maximum atomic E-state index is 13.5. The van der Waals surface area contributed by atoms with E-state index in [2.05, 4.69) is 21.7 Å². The number of aromatic nitrogens is 1. The fourth-order valence-electron chi connectivity index (χ4n) is 3.59. The fraction of sp³-hybridized carbons (Fsp3) is 0.231. The smallest absolute Gasteiger partial charge is 0.255 e. The first-order valence-corrected chi connectivity index (χ1v) is 11.2. The Morgan fingerprint density at radius 3 is 2.63 bits per heavy atom. The summed E-state index contributed by atoms with van der Waals surface area (Å²) in [5.41, 5.74) is 13.5. The molecule has 9 heteroatoms. The molecule has 2 aromatic carbocycles. The first-order chi connectivity index (χ1) is 16.9. The SMILES string of the molecule is N#Cc1ccccc1-c1ccc(C(=O)N[C@H](CCCN)C(N)=O)c(NCCc2cccc(F)c2)n1. The number of carbonyl (C=O) groups excluding carboxylic acids is 2. The summed E-state index contributed by atoms with van der Waals surface area (Å²) in [6, 6.07) is 17.8. The van der Waals surface area contributed by atoms with Crippen LogP contribution in [0.4, 0.5) is 10.2 Å². The van der Waals surface area contributed by atoms with Gasteiger partial charge in [0.05, 0.1) is 22.9 Å². The number of amides is 2. The number of anilines is 1. The van der Waals surface area contributed by atoms with Gasteiger partial charge < -0.3 is 22.1 Å². The molecule has 6 N–H and O–H groups in total. The number of nitrogens with two attached hydrogens (primary N) is 2. The number of primary amides is 1. The Morgan fingerprint density at radius 2 is 1.91 bits per heavy atom. The lowest BCUT2D eigenvalue weighted by molar-refractivity contribution is -0.120. The molecule has 0 spiro atoms. The monoisotopic (exact) mass is 474 g/mol. The number of halogens is 1. The lowest BCUT2D eigenvalue weighted by Crippen LogP contribution is -2.44. The second-order valence-electron chi connectivity index (χ2n) is 7.92. The molecule has 35 heavy (non-hydrogen) atoms. The summed E-state index contributed by atoms with van der Waals surface area (Å²) in [4.78, 5) is 29.5. The number of pyridine rings is 1. The summed E-state index contributed by atoms with van der Waals surface area (Å²) in [6.45, 7) is 0.730. The van der Waals surface area contributed by atoms with E-state index in [1.807, 2.05) is 0 Å². The molecule has 0 radical (unpaired) electrons. The van der Waals surface area contributed by atoms with Gasteiger partial charge in [-0.1, -0.05) is 30.3 Å². The van der Waals surface area contributed by atoms with Crippen LogP contribution in [0.15, 0.2) is 60.7 Å². The van der Waals surface area contributed by atoms with Crippen molar-refractivity contribution in [3.8, 4) is 17.3 Å². The maximum Gasteiger partial charge on any atom is 0.255 e. The van der Waals surface area contributed by atoms with E-state index < -0.39 is 17.9 Å². The van der Waals surface area contributed by atoms with Crippen molar-refractivity contribution in [2.24, 2.45) is 11.5 Å². The Hall–Kier alpha value is -4.29. The minimum Gasteiger partial charge on any atom is -0.369 e. The predicted molar refractivity (Wildman–Crippen MR) is 132 cm³/mol. The van der Waals surface area contributed by atoms with Crippen LogP contribution in [0.25, 0.3) is 11.3 Å². The fourth-order valence-corrected chi connectivity index (χ4v) is 3.59. The highest BCUT2D eigenvalue weighted by Crippen LogP contribution is 2.25. The van der Waals surface area contributed by atoms with E-state index in [0.717, 1.165) is 5.56 Å². The summed E-state index contributed by atoms with van der Waals surface area (Å²) in [5, 5.41) is 15.3. The molecule has 1 heterocycles. The van der Waals surface area contributed by atoms with E-state index in [0.29, 0.717) is 49.2 Å². The van der Waals surface area contributed by atoms with Gasteiger partial charge in [-0.2, -0.15) is 5.26 Å². The average Bonchev–Trinajstić information content (AvgIpc) is 2.86. The van der Waals surface area contributed by atoms with Gasteiger partial charge in [0, 0.05) is 12.1 Å². The molecule has 180 valence electrons. The number of hydrogen-bond acceptors (Lipinski definition) is 6.